The van der Waals surface area contributed by atoms with E-state index < -0.39 is 36.0 Å². The highest BCUT2D eigenvalue weighted by molar-refractivity contribution is 5.94. The number of nitrogens with zero attached hydrogens (tertiary/aromatic N) is 1. The standard InChI is InChI=1S/C35H54N6O7/c1-8-29(31(42)34(45)37-22-25-18-27(47-6)20-28(19-25)48-7)39-33(44)30(17-23(4)5)40-35(46)38-21-24-11-13-26(14-12-24)32(43)36-15-16-41(9-2)10-3/h11-14,18-20,23,29-31,42H,8-10,15-17,21-22H2,1-7H3,(H,36,43)(H,37,45)(H,39,44)(H2,38,40,46). The third-order valence-electron chi connectivity index (χ3n) is 7.90. The Hall–Kier alpha value is -4.36. The fourth-order valence-electron chi connectivity index (χ4n) is 4.97. The number of likely N-dealkylation sites (N-methyl/N-ethyl adjacent to an activating group) is 1. The van der Waals surface area contributed by atoms with Crippen molar-refractivity contribution in [3.05, 3.63) is 59.2 Å². The molecule has 3 unspecified atom stereocenters. The number of aliphatic hydroxyl groups excluding tert-OH is 1. The average Bonchev–Trinajstić information content (AvgIpc) is 3.09. The number of hydrogen-bond acceptors (Lipinski definition) is 8. The van der Waals surface area contributed by atoms with Gasteiger partial charge >= 0.3 is 6.03 Å². The molecule has 0 aliphatic rings. The van der Waals surface area contributed by atoms with Crippen molar-refractivity contribution in [2.45, 2.75) is 78.7 Å². The minimum atomic E-state index is -1.52. The molecule has 13 heteroatoms. The maximum atomic E-state index is 13.3. The van der Waals surface area contributed by atoms with Crippen molar-refractivity contribution in [1.82, 2.24) is 31.5 Å². The molecule has 2 rings (SSSR count). The number of carbonyl (C=O) groups is 4. The quantitative estimate of drug-likeness (QED) is 0.125. The summed E-state index contributed by atoms with van der Waals surface area (Å²) in [5.41, 5.74) is 2.01. The maximum absolute atomic E-state index is 13.3. The van der Waals surface area contributed by atoms with Crippen LogP contribution in [-0.4, -0.2) is 92.3 Å². The van der Waals surface area contributed by atoms with Gasteiger partial charge in [-0.15, -0.1) is 0 Å². The fraction of sp³-hybridized carbons (Fsp3) is 0.543. The molecule has 2 aromatic carbocycles. The van der Waals surface area contributed by atoms with Crippen molar-refractivity contribution < 1.29 is 33.8 Å². The Morgan fingerprint density at radius 1 is 0.792 bits per heavy atom. The molecule has 13 nitrogen and oxygen atoms in total. The molecule has 0 heterocycles. The second-order valence-electron chi connectivity index (χ2n) is 11.9. The van der Waals surface area contributed by atoms with Crippen LogP contribution >= 0.6 is 0 Å². The molecule has 3 atom stereocenters. The summed E-state index contributed by atoms with van der Waals surface area (Å²) >= 11 is 0. The summed E-state index contributed by atoms with van der Waals surface area (Å²) in [7, 11) is 3.05. The lowest BCUT2D eigenvalue weighted by Crippen LogP contribution is -2.56. The summed E-state index contributed by atoms with van der Waals surface area (Å²) in [5.74, 6) is -0.133. The first-order valence-corrected chi connectivity index (χ1v) is 16.6. The Balaban J connectivity index is 1.92. The van der Waals surface area contributed by atoms with Crippen LogP contribution in [0.25, 0.3) is 0 Å². The van der Waals surface area contributed by atoms with E-state index in [0.717, 1.165) is 25.2 Å². The molecule has 48 heavy (non-hydrogen) atoms. The van der Waals surface area contributed by atoms with Crippen molar-refractivity contribution in [3.63, 3.8) is 0 Å². The van der Waals surface area contributed by atoms with Gasteiger partial charge in [0.15, 0.2) is 6.10 Å². The Labute approximate surface area is 284 Å². The summed E-state index contributed by atoms with van der Waals surface area (Å²) in [6.45, 7) is 13.2. The highest BCUT2D eigenvalue weighted by Crippen LogP contribution is 2.22. The molecule has 0 aromatic heterocycles. The van der Waals surface area contributed by atoms with E-state index in [1.165, 1.54) is 14.2 Å². The van der Waals surface area contributed by atoms with Crippen molar-refractivity contribution in [2.24, 2.45) is 5.92 Å². The van der Waals surface area contributed by atoms with Gasteiger partial charge in [-0.25, -0.2) is 4.79 Å². The second-order valence-corrected chi connectivity index (χ2v) is 11.9. The van der Waals surface area contributed by atoms with Gasteiger partial charge in [0.25, 0.3) is 11.8 Å². The largest absolute Gasteiger partial charge is 0.497 e. The highest BCUT2D eigenvalue weighted by Gasteiger charge is 2.30. The average molecular weight is 671 g/mol. The molecule has 0 radical (unpaired) electrons. The Bertz CT molecular complexity index is 1290. The number of amides is 5. The van der Waals surface area contributed by atoms with E-state index in [9.17, 15) is 24.3 Å². The number of aliphatic hydroxyl groups is 1. The second kappa shape index (κ2) is 20.8. The van der Waals surface area contributed by atoms with Crippen LogP contribution < -0.4 is 36.1 Å². The van der Waals surface area contributed by atoms with Crippen LogP contribution in [0.5, 0.6) is 11.5 Å². The zero-order chi connectivity index (χ0) is 35.6. The molecular formula is C35H54N6O7. The molecule has 6 N–H and O–H groups in total. The van der Waals surface area contributed by atoms with Crippen LogP contribution in [0.1, 0.15) is 68.9 Å². The molecule has 5 amide bonds. The van der Waals surface area contributed by atoms with E-state index in [1.807, 2.05) is 13.8 Å². The summed E-state index contributed by atoms with van der Waals surface area (Å²) in [5, 5.41) is 24.6. The van der Waals surface area contributed by atoms with Gasteiger partial charge < -0.3 is 46.1 Å². The molecule has 0 aliphatic carbocycles. The molecule has 0 aliphatic heterocycles. The first kappa shape index (κ1) is 39.8. The Kier molecular flexibility index (Phi) is 17.2. The van der Waals surface area contributed by atoms with Crippen molar-refractivity contribution in [1.29, 1.82) is 0 Å². The Morgan fingerprint density at radius 3 is 1.94 bits per heavy atom. The SMILES string of the molecule is CCC(NC(=O)C(CC(C)C)NC(=O)NCc1ccc(C(=O)NCCN(CC)CC)cc1)C(O)C(=O)NCc1cc(OC)cc(OC)c1. The van der Waals surface area contributed by atoms with Gasteiger partial charge in [-0.2, -0.15) is 0 Å². The Morgan fingerprint density at radius 2 is 1.40 bits per heavy atom. The fourth-order valence-corrected chi connectivity index (χ4v) is 4.97. The zero-order valence-corrected chi connectivity index (χ0v) is 29.4. The number of ether oxygens (including phenoxy) is 2. The van der Waals surface area contributed by atoms with Gasteiger partial charge in [-0.1, -0.05) is 46.8 Å². The minimum absolute atomic E-state index is 0.0694. The van der Waals surface area contributed by atoms with Crippen molar-refractivity contribution in [2.75, 3.05) is 40.4 Å². The number of hydrogen-bond donors (Lipinski definition) is 6. The topological polar surface area (TPSA) is 170 Å². The number of nitrogens with one attached hydrogen (secondary N) is 5. The summed E-state index contributed by atoms with van der Waals surface area (Å²) in [6.07, 6.45) is -0.904. The van der Waals surface area contributed by atoms with Crippen LogP contribution in [0, 0.1) is 5.92 Å². The van der Waals surface area contributed by atoms with Crippen LogP contribution in [0.3, 0.4) is 0 Å². The summed E-state index contributed by atoms with van der Waals surface area (Å²) in [4.78, 5) is 53.6. The summed E-state index contributed by atoms with van der Waals surface area (Å²) in [6, 6.07) is 9.80. The van der Waals surface area contributed by atoms with E-state index in [2.05, 4.69) is 45.3 Å². The van der Waals surface area contributed by atoms with Gasteiger partial charge in [0.05, 0.1) is 20.3 Å². The smallest absolute Gasteiger partial charge is 0.315 e. The molecular weight excluding hydrogens is 616 g/mol. The normalized spacial score (nSPS) is 12.9. The van der Waals surface area contributed by atoms with Gasteiger partial charge in [-0.3, -0.25) is 14.4 Å². The van der Waals surface area contributed by atoms with Gasteiger partial charge in [0.2, 0.25) is 5.91 Å². The molecule has 0 saturated heterocycles. The third kappa shape index (κ3) is 13.4. The van der Waals surface area contributed by atoms with Crippen molar-refractivity contribution >= 4 is 23.8 Å². The van der Waals surface area contributed by atoms with Gasteiger partial charge in [0.1, 0.15) is 17.5 Å². The van der Waals surface area contributed by atoms with Crippen LogP contribution in [0.4, 0.5) is 4.79 Å². The first-order chi connectivity index (χ1) is 22.9. The lowest BCUT2D eigenvalue weighted by Gasteiger charge is -2.26. The third-order valence-corrected chi connectivity index (χ3v) is 7.90. The van der Waals surface area contributed by atoms with Gasteiger partial charge in [0, 0.05) is 37.8 Å². The number of urea groups is 1. The van der Waals surface area contributed by atoms with Crippen LogP contribution in [0.2, 0.25) is 0 Å². The number of rotatable bonds is 20. The number of carbonyl (C=O) groups excluding carboxylic acids is 4. The van der Waals surface area contributed by atoms with E-state index in [0.29, 0.717) is 35.6 Å². The summed E-state index contributed by atoms with van der Waals surface area (Å²) < 4.78 is 10.5. The minimum Gasteiger partial charge on any atom is -0.497 e. The van der Waals surface area contributed by atoms with Gasteiger partial charge in [-0.05, 0) is 67.2 Å². The molecule has 0 fully saturated rings. The lowest BCUT2D eigenvalue weighted by atomic mass is 10.0. The molecule has 0 spiro atoms. The molecule has 266 valence electrons. The highest BCUT2D eigenvalue weighted by atomic mass is 16.5. The lowest BCUT2D eigenvalue weighted by molar-refractivity contribution is -0.132. The van der Waals surface area contributed by atoms with Crippen LogP contribution in [0.15, 0.2) is 42.5 Å². The van der Waals surface area contributed by atoms with E-state index in [1.54, 1.807) is 49.4 Å². The number of methoxy groups -OCH3 is 2. The first-order valence-electron chi connectivity index (χ1n) is 16.6. The monoisotopic (exact) mass is 670 g/mol. The molecule has 2 aromatic rings. The number of benzene rings is 2. The predicted molar refractivity (Wildman–Crippen MR) is 185 cm³/mol. The van der Waals surface area contributed by atoms with Crippen molar-refractivity contribution in [3.8, 4) is 11.5 Å². The van der Waals surface area contributed by atoms with E-state index >= 15 is 0 Å². The zero-order valence-electron chi connectivity index (χ0n) is 29.4. The van der Waals surface area contributed by atoms with Crippen LogP contribution in [-0.2, 0) is 22.7 Å². The van der Waals surface area contributed by atoms with E-state index in [-0.39, 0.29) is 31.3 Å². The van der Waals surface area contributed by atoms with E-state index in [4.69, 9.17) is 9.47 Å². The molecule has 0 saturated carbocycles. The maximum Gasteiger partial charge on any atom is 0.315 e. The molecule has 0 bridgehead atoms. The predicted octanol–water partition coefficient (Wildman–Crippen LogP) is 2.56.